The van der Waals surface area contributed by atoms with Crippen molar-refractivity contribution in [2.75, 3.05) is 52.5 Å². The molecule has 3 aliphatic heterocycles. The molecule has 2 fully saturated rings. The van der Waals surface area contributed by atoms with E-state index in [2.05, 4.69) is 15.9 Å². The number of morpholine rings is 1. The average molecular weight is 398 g/mol. The van der Waals surface area contributed by atoms with E-state index in [1.807, 2.05) is 26.0 Å². The molecule has 29 heavy (non-hydrogen) atoms. The molecule has 2 amide bonds. The van der Waals surface area contributed by atoms with Crippen LogP contribution in [-0.4, -0.2) is 79.0 Å². The molecule has 2 saturated heterocycles. The minimum Gasteiger partial charge on any atom is -0.379 e. The van der Waals surface area contributed by atoms with Crippen LogP contribution in [0.2, 0.25) is 0 Å². The van der Waals surface area contributed by atoms with Gasteiger partial charge in [-0.2, -0.15) is 0 Å². The Hall–Kier alpha value is -2.18. The molecule has 0 atom stereocenters. The molecule has 0 bridgehead atoms. The van der Waals surface area contributed by atoms with Gasteiger partial charge in [0.1, 0.15) is 5.70 Å². The third kappa shape index (κ3) is 4.09. The van der Waals surface area contributed by atoms with Gasteiger partial charge in [-0.25, -0.2) is 0 Å². The number of hydrogen-bond donors (Lipinski definition) is 0. The summed E-state index contributed by atoms with van der Waals surface area (Å²) in [4.78, 5) is 32.6. The quantitative estimate of drug-likeness (QED) is 0.689. The van der Waals surface area contributed by atoms with Crippen LogP contribution in [0.15, 0.2) is 23.9 Å². The Balaban J connectivity index is 1.56. The second kappa shape index (κ2) is 8.67. The van der Waals surface area contributed by atoms with Gasteiger partial charge in [-0.15, -0.1) is 0 Å². The highest BCUT2D eigenvalue weighted by Gasteiger charge is 2.42. The van der Waals surface area contributed by atoms with Crippen molar-refractivity contribution < 1.29 is 14.3 Å². The number of benzene rings is 1. The number of rotatable bonds is 6. The molecular formula is C23H31N3O3. The van der Waals surface area contributed by atoms with Crippen LogP contribution in [0.4, 0.5) is 0 Å². The number of imide groups is 1. The van der Waals surface area contributed by atoms with Crippen LogP contribution in [0.25, 0.3) is 5.57 Å². The van der Waals surface area contributed by atoms with Gasteiger partial charge in [0, 0.05) is 39.3 Å². The largest absolute Gasteiger partial charge is 0.379 e. The lowest BCUT2D eigenvalue weighted by Crippen LogP contribution is -2.40. The molecule has 1 aromatic rings. The van der Waals surface area contributed by atoms with Gasteiger partial charge in [-0.1, -0.05) is 23.8 Å². The topological polar surface area (TPSA) is 53.1 Å². The van der Waals surface area contributed by atoms with Crippen molar-refractivity contribution in [3.8, 4) is 0 Å². The van der Waals surface area contributed by atoms with E-state index in [4.69, 9.17) is 4.74 Å². The van der Waals surface area contributed by atoms with Crippen molar-refractivity contribution in [2.24, 2.45) is 0 Å². The molecule has 1 aromatic carbocycles. The lowest BCUT2D eigenvalue weighted by atomic mass is 9.97. The van der Waals surface area contributed by atoms with E-state index < -0.39 is 0 Å². The SMILES string of the molecule is Cc1ccc(C2=C(N3CCCC3)C(=O)N(CCCN3CCOCC3)C2=O)c(C)c1. The van der Waals surface area contributed by atoms with Gasteiger partial charge in [0.2, 0.25) is 0 Å². The van der Waals surface area contributed by atoms with Gasteiger partial charge in [-0.3, -0.25) is 19.4 Å². The number of likely N-dealkylation sites (tertiary alicyclic amines) is 1. The normalized spacial score (nSPS) is 21.0. The Morgan fingerprint density at radius 1 is 0.931 bits per heavy atom. The Morgan fingerprint density at radius 3 is 2.34 bits per heavy atom. The zero-order valence-corrected chi connectivity index (χ0v) is 17.6. The number of carbonyl (C=O) groups is 2. The summed E-state index contributed by atoms with van der Waals surface area (Å²) in [6.07, 6.45) is 2.94. The van der Waals surface area contributed by atoms with Crippen LogP contribution < -0.4 is 0 Å². The second-order valence-corrected chi connectivity index (χ2v) is 8.31. The number of amides is 2. The van der Waals surface area contributed by atoms with Crippen molar-refractivity contribution in [2.45, 2.75) is 33.1 Å². The summed E-state index contributed by atoms with van der Waals surface area (Å²) in [6.45, 7) is 10.5. The van der Waals surface area contributed by atoms with E-state index in [-0.39, 0.29) is 11.8 Å². The van der Waals surface area contributed by atoms with E-state index in [1.54, 1.807) is 0 Å². The fraction of sp³-hybridized carbons (Fsp3) is 0.565. The van der Waals surface area contributed by atoms with E-state index >= 15 is 0 Å². The van der Waals surface area contributed by atoms with Gasteiger partial charge in [0.25, 0.3) is 11.8 Å². The molecule has 0 saturated carbocycles. The van der Waals surface area contributed by atoms with Crippen molar-refractivity contribution in [1.82, 2.24) is 14.7 Å². The summed E-state index contributed by atoms with van der Waals surface area (Å²) in [5.41, 5.74) is 4.32. The van der Waals surface area contributed by atoms with Crippen molar-refractivity contribution >= 4 is 17.4 Å². The number of carbonyl (C=O) groups excluding carboxylic acids is 2. The maximum absolute atomic E-state index is 13.4. The summed E-state index contributed by atoms with van der Waals surface area (Å²) in [5, 5.41) is 0. The smallest absolute Gasteiger partial charge is 0.277 e. The minimum absolute atomic E-state index is 0.117. The Labute approximate surface area is 173 Å². The standard InChI is InChI=1S/C23H31N3O3/c1-17-6-7-19(18(2)16-17)20-21(25-9-3-4-10-25)23(28)26(22(20)27)11-5-8-24-12-14-29-15-13-24/h6-7,16H,3-5,8-15H2,1-2H3. The zero-order valence-electron chi connectivity index (χ0n) is 17.6. The van der Waals surface area contributed by atoms with E-state index in [1.165, 1.54) is 4.90 Å². The second-order valence-electron chi connectivity index (χ2n) is 8.31. The fourth-order valence-corrected chi connectivity index (χ4v) is 4.61. The molecule has 3 heterocycles. The maximum atomic E-state index is 13.4. The Morgan fingerprint density at radius 2 is 1.66 bits per heavy atom. The predicted molar refractivity (Wildman–Crippen MR) is 112 cm³/mol. The molecule has 0 spiro atoms. The van der Waals surface area contributed by atoms with Gasteiger partial charge >= 0.3 is 0 Å². The summed E-state index contributed by atoms with van der Waals surface area (Å²) < 4.78 is 5.39. The Bertz CT molecular complexity index is 821. The number of ether oxygens (including phenoxy) is 1. The molecule has 0 unspecified atom stereocenters. The van der Waals surface area contributed by atoms with Crippen LogP contribution in [0, 0.1) is 13.8 Å². The third-order valence-electron chi connectivity index (χ3n) is 6.18. The van der Waals surface area contributed by atoms with Gasteiger partial charge in [0.05, 0.1) is 18.8 Å². The van der Waals surface area contributed by atoms with Gasteiger partial charge in [-0.05, 0) is 44.2 Å². The Kier molecular flexibility index (Phi) is 6.01. The van der Waals surface area contributed by atoms with Crippen molar-refractivity contribution in [1.29, 1.82) is 0 Å². The van der Waals surface area contributed by atoms with Crippen molar-refractivity contribution in [3.63, 3.8) is 0 Å². The summed E-state index contributed by atoms with van der Waals surface area (Å²) in [5.74, 6) is -0.250. The molecular weight excluding hydrogens is 366 g/mol. The summed E-state index contributed by atoms with van der Waals surface area (Å²) >= 11 is 0. The summed E-state index contributed by atoms with van der Waals surface area (Å²) in [7, 11) is 0. The minimum atomic E-state index is -0.133. The molecule has 0 N–H and O–H groups in total. The predicted octanol–water partition coefficient (Wildman–Crippen LogP) is 2.20. The zero-order chi connectivity index (χ0) is 20.4. The van der Waals surface area contributed by atoms with Crippen LogP contribution in [0.5, 0.6) is 0 Å². The number of hydrogen-bond acceptors (Lipinski definition) is 5. The average Bonchev–Trinajstić information content (AvgIpc) is 3.31. The number of aryl methyl sites for hydroxylation is 2. The first kappa shape index (κ1) is 20.1. The van der Waals surface area contributed by atoms with Crippen LogP contribution >= 0.6 is 0 Å². The van der Waals surface area contributed by atoms with Gasteiger partial charge in [0.15, 0.2) is 0 Å². The van der Waals surface area contributed by atoms with Crippen molar-refractivity contribution in [3.05, 3.63) is 40.6 Å². The molecule has 0 radical (unpaired) electrons. The van der Waals surface area contributed by atoms with Gasteiger partial charge < -0.3 is 9.64 Å². The first-order valence-electron chi connectivity index (χ1n) is 10.8. The summed E-state index contributed by atoms with van der Waals surface area (Å²) in [6, 6.07) is 6.11. The molecule has 6 nitrogen and oxygen atoms in total. The first-order valence-corrected chi connectivity index (χ1v) is 10.8. The van der Waals surface area contributed by atoms with Crippen LogP contribution in [0.1, 0.15) is 36.0 Å². The third-order valence-corrected chi connectivity index (χ3v) is 6.18. The van der Waals surface area contributed by atoms with Crippen LogP contribution in [-0.2, 0) is 14.3 Å². The molecule has 0 aliphatic carbocycles. The highest BCUT2D eigenvalue weighted by atomic mass is 16.5. The fourth-order valence-electron chi connectivity index (χ4n) is 4.61. The highest BCUT2D eigenvalue weighted by Crippen LogP contribution is 2.35. The molecule has 156 valence electrons. The van der Waals surface area contributed by atoms with E-state index in [0.717, 1.165) is 81.9 Å². The molecule has 0 aromatic heterocycles. The number of nitrogens with zero attached hydrogens (tertiary/aromatic N) is 3. The molecule has 4 rings (SSSR count). The highest BCUT2D eigenvalue weighted by molar-refractivity contribution is 6.35. The monoisotopic (exact) mass is 397 g/mol. The van der Waals surface area contributed by atoms with E-state index in [0.29, 0.717) is 17.8 Å². The lowest BCUT2D eigenvalue weighted by molar-refractivity contribution is -0.137. The first-order chi connectivity index (χ1) is 14.1. The maximum Gasteiger partial charge on any atom is 0.277 e. The molecule has 6 heteroatoms. The lowest BCUT2D eigenvalue weighted by Gasteiger charge is -2.27. The van der Waals surface area contributed by atoms with E-state index in [9.17, 15) is 9.59 Å². The molecule has 3 aliphatic rings. The van der Waals surface area contributed by atoms with Crippen LogP contribution in [0.3, 0.4) is 0 Å².